The Labute approximate surface area is 121 Å². The molecule has 0 aromatic heterocycles. The van der Waals surface area contributed by atoms with E-state index in [1.807, 2.05) is 6.92 Å². The summed E-state index contributed by atoms with van der Waals surface area (Å²) >= 11 is 0. The maximum absolute atomic E-state index is 11.5. The smallest absolute Gasteiger partial charge is 0.175 e. The minimum absolute atomic E-state index is 0.0122. The fraction of sp³-hybridized carbons (Fsp3) is 0.600. The Bertz CT molecular complexity index is 547. The molecule has 0 amide bonds. The zero-order chi connectivity index (χ0) is 14.8. The molecule has 0 bridgehead atoms. The summed E-state index contributed by atoms with van der Waals surface area (Å²) in [5.41, 5.74) is 0.393. The molecule has 1 atom stereocenters. The minimum atomic E-state index is -3.18. The van der Waals surface area contributed by atoms with Gasteiger partial charge in [0.15, 0.2) is 9.84 Å². The summed E-state index contributed by atoms with van der Waals surface area (Å²) in [5.74, 6) is 0. The predicted octanol–water partition coefficient (Wildman–Crippen LogP) is 1.83. The number of hydrogen-bond donors (Lipinski definition) is 2. The third kappa shape index (κ3) is 3.40. The van der Waals surface area contributed by atoms with Crippen LogP contribution >= 0.6 is 0 Å². The third-order valence-corrected chi connectivity index (χ3v) is 5.24. The Balaban J connectivity index is 2.21. The van der Waals surface area contributed by atoms with Crippen LogP contribution in [0.5, 0.6) is 0 Å². The Morgan fingerprint density at radius 3 is 2.25 bits per heavy atom. The molecular weight excluding hydrogens is 274 g/mol. The Kier molecular flexibility index (Phi) is 4.52. The lowest BCUT2D eigenvalue weighted by atomic mass is 9.91. The number of nitrogens with one attached hydrogen (secondary N) is 1. The topological polar surface area (TPSA) is 66.4 Å². The number of aliphatic hydroxyl groups excluding tert-OH is 1. The molecule has 0 aliphatic heterocycles. The lowest BCUT2D eigenvalue weighted by Gasteiger charge is -2.33. The van der Waals surface area contributed by atoms with E-state index in [9.17, 15) is 13.5 Å². The van der Waals surface area contributed by atoms with Gasteiger partial charge in [-0.05, 0) is 37.5 Å². The van der Waals surface area contributed by atoms with Crippen LogP contribution in [-0.4, -0.2) is 32.4 Å². The summed E-state index contributed by atoms with van der Waals surface area (Å²) in [5, 5.41) is 13.3. The first-order valence-electron chi connectivity index (χ1n) is 7.04. The highest BCUT2D eigenvalue weighted by Gasteiger charge is 2.30. The van der Waals surface area contributed by atoms with Gasteiger partial charge in [-0.1, -0.05) is 25.0 Å². The average Bonchev–Trinajstić information content (AvgIpc) is 2.90. The van der Waals surface area contributed by atoms with E-state index >= 15 is 0 Å². The Morgan fingerprint density at radius 1 is 1.25 bits per heavy atom. The first-order valence-corrected chi connectivity index (χ1v) is 8.93. The zero-order valence-electron chi connectivity index (χ0n) is 12.1. The van der Waals surface area contributed by atoms with Gasteiger partial charge in [0.25, 0.3) is 0 Å². The minimum Gasteiger partial charge on any atom is -0.394 e. The second kappa shape index (κ2) is 5.84. The average molecular weight is 297 g/mol. The van der Waals surface area contributed by atoms with Crippen LogP contribution in [0.3, 0.4) is 0 Å². The van der Waals surface area contributed by atoms with Gasteiger partial charge >= 0.3 is 0 Å². The second-order valence-electron chi connectivity index (χ2n) is 5.91. The molecule has 2 N–H and O–H groups in total. The third-order valence-electron chi connectivity index (χ3n) is 4.11. The molecule has 5 heteroatoms. The van der Waals surface area contributed by atoms with Gasteiger partial charge in [0.05, 0.1) is 17.0 Å². The molecule has 0 radical (unpaired) electrons. The number of benzene rings is 1. The van der Waals surface area contributed by atoms with Gasteiger partial charge in [0.1, 0.15) is 0 Å². The van der Waals surface area contributed by atoms with Crippen LogP contribution < -0.4 is 5.32 Å². The van der Waals surface area contributed by atoms with Crippen molar-refractivity contribution in [3.8, 4) is 0 Å². The van der Waals surface area contributed by atoms with Crippen molar-refractivity contribution in [3.05, 3.63) is 29.8 Å². The van der Waals surface area contributed by atoms with Crippen LogP contribution in [0.1, 0.15) is 38.2 Å². The SMILES string of the molecule is CC(CO)(NC1CCCC1)c1ccc(S(C)(=O)=O)cc1. The Hall–Kier alpha value is -0.910. The molecule has 1 fully saturated rings. The summed E-state index contributed by atoms with van der Waals surface area (Å²) < 4.78 is 23.0. The molecule has 1 aliphatic carbocycles. The molecule has 0 saturated heterocycles. The van der Waals surface area contributed by atoms with Crippen LogP contribution in [0.2, 0.25) is 0 Å². The van der Waals surface area contributed by atoms with E-state index in [0.29, 0.717) is 10.9 Å². The zero-order valence-corrected chi connectivity index (χ0v) is 12.9. The van der Waals surface area contributed by atoms with E-state index in [4.69, 9.17) is 0 Å². The van der Waals surface area contributed by atoms with Gasteiger partial charge in [-0.3, -0.25) is 0 Å². The normalized spacial score (nSPS) is 19.9. The molecule has 1 aromatic rings. The van der Waals surface area contributed by atoms with Crippen LogP contribution in [0.15, 0.2) is 29.2 Å². The van der Waals surface area contributed by atoms with E-state index in [0.717, 1.165) is 18.4 Å². The maximum atomic E-state index is 11.5. The largest absolute Gasteiger partial charge is 0.394 e. The molecular formula is C15H23NO3S. The molecule has 1 saturated carbocycles. The number of hydrogen-bond acceptors (Lipinski definition) is 4. The quantitative estimate of drug-likeness (QED) is 0.870. The van der Waals surface area contributed by atoms with Gasteiger partial charge in [0.2, 0.25) is 0 Å². The molecule has 0 spiro atoms. The maximum Gasteiger partial charge on any atom is 0.175 e. The van der Waals surface area contributed by atoms with Crippen LogP contribution in [0.25, 0.3) is 0 Å². The van der Waals surface area contributed by atoms with Crippen molar-refractivity contribution < 1.29 is 13.5 Å². The number of aliphatic hydroxyl groups is 1. The van der Waals surface area contributed by atoms with Crippen molar-refractivity contribution in [1.82, 2.24) is 5.32 Å². The van der Waals surface area contributed by atoms with Crippen molar-refractivity contribution >= 4 is 9.84 Å². The highest BCUT2D eigenvalue weighted by molar-refractivity contribution is 7.90. The summed E-state index contributed by atoms with van der Waals surface area (Å²) in [4.78, 5) is 0.308. The van der Waals surface area contributed by atoms with E-state index in [2.05, 4.69) is 5.32 Å². The lowest BCUT2D eigenvalue weighted by Crippen LogP contribution is -2.47. The standard InChI is InChI=1S/C15H23NO3S/c1-15(11-17,16-13-5-3-4-6-13)12-7-9-14(10-8-12)20(2,18)19/h7-10,13,16-17H,3-6,11H2,1-2H3. The predicted molar refractivity (Wildman–Crippen MR) is 79.4 cm³/mol. The van der Waals surface area contributed by atoms with Crippen LogP contribution in [-0.2, 0) is 15.4 Å². The Morgan fingerprint density at radius 2 is 1.80 bits per heavy atom. The van der Waals surface area contributed by atoms with Gasteiger partial charge in [-0.15, -0.1) is 0 Å². The van der Waals surface area contributed by atoms with E-state index in [1.54, 1.807) is 24.3 Å². The van der Waals surface area contributed by atoms with Gasteiger partial charge in [0, 0.05) is 12.3 Å². The van der Waals surface area contributed by atoms with E-state index in [-0.39, 0.29) is 6.61 Å². The first kappa shape index (κ1) is 15.5. The first-order chi connectivity index (χ1) is 9.35. The fourth-order valence-electron chi connectivity index (χ4n) is 2.81. The van der Waals surface area contributed by atoms with E-state index in [1.165, 1.54) is 19.1 Å². The molecule has 20 heavy (non-hydrogen) atoms. The van der Waals surface area contributed by atoms with E-state index < -0.39 is 15.4 Å². The highest BCUT2D eigenvalue weighted by atomic mass is 32.2. The van der Waals surface area contributed by atoms with Crippen molar-refractivity contribution in [2.75, 3.05) is 12.9 Å². The number of sulfone groups is 1. The monoisotopic (exact) mass is 297 g/mol. The number of rotatable bonds is 5. The molecule has 1 aromatic carbocycles. The van der Waals surface area contributed by atoms with Crippen molar-refractivity contribution in [1.29, 1.82) is 0 Å². The van der Waals surface area contributed by atoms with Gasteiger partial charge < -0.3 is 10.4 Å². The summed E-state index contributed by atoms with van der Waals surface area (Å²) in [7, 11) is -3.18. The highest BCUT2D eigenvalue weighted by Crippen LogP contribution is 2.27. The van der Waals surface area contributed by atoms with Crippen molar-refractivity contribution in [2.24, 2.45) is 0 Å². The molecule has 1 unspecified atom stereocenters. The second-order valence-corrected chi connectivity index (χ2v) is 7.93. The summed E-state index contributed by atoms with van der Waals surface area (Å²) in [6.45, 7) is 1.95. The molecule has 1 aliphatic rings. The molecule has 2 rings (SSSR count). The van der Waals surface area contributed by atoms with Gasteiger partial charge in [-0.25, -0.2) is 8.42 Å². The lowest BCUT2D eigenvalue weighted by molar-refractivity contribution is 0.161. The van der Waals surface area contributed by atoms with Crippen molar-refractivity contribution in [3.63, 3.8) is 0 Å². The summed E-state index contributed by atoms with van der Waals surface area (Å²) in [6.07, 6.45) is 5.93. The molecule has 0 heterocycles. The molecule has 4 nitrogen and oxygen atoms in total. The fourth-order valence-corrected chi connectivity index (χ4v) is 3.44. The van der Waals surface area contributed by atoms with Crippen molar-refractivity contribution in [2.45, 2.75) is 49.1 Å². The van der Waals surface area contributed by atoms with Crippen LogP contribution in [0.4, 0.5) is 0 Å². The van der Waals surface area contributed by atoms with Crippen LogP contribution in [0, 0.1) is 0 Å². The summed E-state index contributed by atoms with van der Waals surface area (Å²) in [6, 6.07) is 7.22. The molecule has 112 valence electrons. The van der Waals surface area contributed by atoms with Gasteiger partial charge in [-0.2, -0.15) is 0 Å².